The van der Waals surface area contributed by atoms with E-state index in [1.54, 1.807) is 49.8 Å². The number of methoxy groups -OCH3 is 1. The van der Waals surface area contributed by atoms with Gasteiger partial charge in [-0.25, -0.2) is 0 Å². The number of hydrogen-bond acceptors (Lipinski definition) is 5. The second kappa shape index (κ2) is 11.0. The second-order valence-electron chi connectivity index (χ2n) is 8.90. The summed E-state index contributed by atoms with van der Waals surface area (Å²) in [5.41, 5.74) is 5.85. The van der Waals surface area contributed by atoms with Crippen LogP contribution in [0.25, 0.3) is 0 Å². The molecule has 2 heterocycles. The summed E-state index contributed by atoms with van der Waals surface area (Å²) >= 11 is 0. The Balaban J connectivity index is 1.42. The van der Waals surface area contributed by atoms with Crippen LogP contribution in [0.3, 0.4) is 0 Å². The molecule has 5 rings (SSSR count). The van der Waals surface area contributed by atoms with Crippen LogP contribution in [0.5, 0.6) is 5.75 Å². The molecule has 7 nitrogen and oxygen atoms in total. The third kappa shape index (κ3) is 5.62. The van der Waals surface area contributed by atoms with E-state index >= 15 is 0 Å². The van der Waals surface area contributed by atoms with Gasteiger partial charge >= 0.3 is 0 Å². The van der Waals surface area contributed by atoms with Crippen molar-refractivity contribution in [2.75, 3.05) is 23.9 Å². The maximum Gasteiger partial charge on any atom is 0.255 e. The molecule has 0 saturated heterocycles. The molecule has 1 aliphatic heterocycles. The van der Waals surface area contributed by atoms with Crippen molar-refractivity contribution < 1.29 is 14.3 Å². The fourth-order valence-corrected chi connectivity index (χ4v) is 4.52. The molecule has 0 atom stereocenters. The van der Waals surface area contributed by atoms with E-state index in [4.69, 9.17) is 4.74 Å². The smallest absolute Gasteiger partial charge is 0.255 e. The van der Waals surface area contributed by atoms with E-state index in [1.165, 1.54) is 11.1 Å². The summed E-state index contributed by atoms with van der Waals surface area (Å²) in [5.74, 6) is 0.110. The minimum absolute atomic E-state index is 0.213. The zero-order valence-electron chi connectivity index (χ0n) is 20.6. The normalized spacial score (nSPS) is 12.4. The van der Waals surface area contributed by atoms with Crippen molar-refractivity contribution in [1.82, 2.24) is 10.3 Å². The van der Waals surface area contributed by atoms with Crippen LogP contribution in [0.1, 0.15) is 37.4 Å². The molecule has 1 aliphatic rings. The molecule has 2 N–H and O–H groups in total. The quantitative estimate of drug-likeness (QED) is 0.386. The highest BCUT2D eigenvalue weighted by atomic mass is 16.5. The number of nitrogens with zero attached hydrogens (tertiary/aromatic N) is 2. The number of aromatic nitrogens is 1. The zero-order chi connectivity index (χ0) is 25.6. The van der Waals surface area contributed by atoms with Crippen molar-refractivity contribution in [3.8, 4) is 5.75 Å². The summed E-state index contributed by atoms with van der Waals surface area (Å²) in [6, 6.07) is 24.6. The highest BCUT2D eigenvalue weighted by molar-refractivity contribution is 6.06. The van der Waals surface area contributed by atoms with Crippen LogP contribution in [-0.4, -0.2) is 30.5 Å². The molecule has 186 valence electrons. The third-order valence-electron chi connectivity index (χ3n) is 6.48. The van der Waals surface area contributed by atoms with Crippen LogP contribution in [0.4, 0.5) is 11.4 Å². The van der Waals surface area contributed by atoms with Crippen LogP contribution < -0.4 is 20.3 Å². The number of hydrogen-bond donors (Lipinski definition) is 2. The van der Waals surface area contributed by atoms with Gasteiger partial charge in [0.25, 0.3) is 11.8 Å². The number of pyridine rings is 1. The van der Waals surface area contributed by atoms with Crippen LogP contribution >= 0.6 is 0 Å². The van der Waals surface area contributed by atoms with Crippen molar-refractivity contribution in [3.63, 3.8) is 0 Å². The van der Waals surface area contributed by atoms with Gasteiger partial charge in [0.1, 0.15) is 5.75 Å². The van der Waals surface area contributed by atoms with Crippen LogP contribution in [-0.2, 0) is 19.5 Å². The first-order chi connectivity index (χ1) is 18.1. The standard InChI is InChI=1S/C30H28N4O3/c1-37-26-10-4-9-23(16-26)29(35)33-25-11-12-28(34-15-13-22-7-2-3-8-24(22)20-34)27(17-25)30(36)32-19-21-6-5-14-31-18-21/h2-12,14,16-18H,13,15,19-20H2,1H3,(H,32,36)(H,33,35). The molecule has 37 heavy (non-hydrogen) atoms. The molecule has 2 amide bonds. The lowest BCUT2D eigenvalue weighted by atomic mass is 9.98. The topological polar surface area (TPSA) is 83.6 Å². The maximum absolute atomic E-state index is 13.4. The first-order valence-electron chi connectivity index (χ1n) is 12.2. The molecule has 4 aromatic rings. The molecule has 0 bridgehead atoms. The van der Waals surface area contributed by atoms with E-state index in [-0.39, 0.29) is 11.8 Å². The number of rotatable bonds is 7. The molecule has 0 aliphatic carbocycles. The van der Waals surface area contributed by atoms with E-state index in [0.29, 0.717) is 35.7 Å². The van der Waals surface area contributed by atoms with Gasteiger partial charge in [-0.05, 0) is 65.6 Å². The minimum Gasteiger partial charge on any atom is -0.497 e. The van der Waals surface area contributed by atoms with E-state index in [9.17, 15) is 9.59 Å². The zero-order valence-corrected chi connectivity index (χ0v) is 20.6. The number of fused-ring (bicyclic) bond motifs is 1. The van der Waals surface area contributed by atoms with Gasteiger partial charge in [0.05, 0.1) is 12.7 Å². The molecule has 0 radical (unpaired) electrons. The van der Waals surface area contributed by atoms with Crippen LogP contribution in [0.15, 0.2) is 91.3 Å². The summed E-state index contributed by atoms with van der Waals surface area (Å²) in [4.78, 5) is 32.7. The first-order valence-corrected chi connectivity index (χ1v) is 12.2. The van der Waals surface area contributed by atoms with Crippen molar-refractivity contribution in [1.29, 1.82) is 0 Å². The maximum atomic E-state index is 13.4. The Kier molecular flexibility index (Phi) is 7.12. The van der Waals surface area contributed by atoms with Gasteiger partial charge in [-0.2, -0.15) is 0 Å². The van der Waals surface area contributed by atoms with E-state index in [2.05, 4.69) is 38.7 Å². The van der Waals surface area contributed by atoms with Gasteiger partial charge in [0.15, 0.2) is 0 Å². The molecular weight excluding hydrogens is 464 g/mol. The second-order valence-corrected chi connectivity index (χ2v) is 8.90. The van der Waals surface area contributed by atoms with E-state index < -0.39 is 0 Å². The van der Waals surface area contributed by atoms with Gasteiger partial charge in [-0.3, -0.25) is 14.6 Å². The fourth-order valence-electron chi connectivity index (χ4n) is 4.52. The van der Waals surface area contributed by atoms with Gasteiger partial charge in [0, 0.05) is 49.0 Å². The highest BCUT2D eigenvalue weighted by Gasteiger charge is 2.22. The predicted molar refractivity (Wildman–Crippen MR) is 144 cm³/mol. The molecular formula is C30H28N4O3. The van der Waals surface area contributed by atoms with E-state index in [0.717, 1.165) is 24.2 Å². The van der Waals surface area contributed by atoms with Gasteiger partial charge in [-0.1, -0.05) is 36.4 Å². The number of ether oxygens (including phenoxy) is 1. The summed E-state index contributed by atoms with van der Waals surface area (Å²) in [5, 5.41) is 5.93. The molecule has 0 fully saturated rings. The largest absolute Gasteiger partial charge is 0.497 e. The number of carbonyl (C=O) groups is 2. The molecule has 7 heteroatoms. The highest BCUT2D eigenvalue weighted by Crippen LogP contribution is 2.30. The molecule has 0 unspecified atom stereocenters. The molecule has 1 aromatic heterocycles. The summed E-state index contributed by atoms with van der Waals surface area (Å²) < 4.78 is 5.23. The average Bonchev–Trinajstić information content (AvgIpc) is 2.96. The number of benzene rings is 3. The Morgan fingerprint density at radius 2 is 1.81 bits per heavy atom. The predicted octanol–water partition coefficient (Wildman–Crippen LogP) is 4.84. The Morgan fingerprint density at radius 3 is 2.62 bits per heavy atom. The first kappa shape index (κ1) is 24.1. The lowest BCUT2D eigenvalue weighted by molar-refractivity contribution is 0.0950. The SMILES string of the molecule is COc1cccc(C(=O)Nc2ccc(N3CCc4ccccc4C3)c(C(=O)NCc3cccnc3)c2)c1. The monoisotopic (exact) mass is 492 g/mol. The van der Waals surface area contributed by atoms with Crippen LogP contribution in [0, 0.1) is 0 Å². The van der Waals surface area contributed by atoms with Gasteiger partial charge < -0.3 is 20.3 Å². The van der Waals surface area contributed by atoms with Gasteiger partial charge in [0.2, 0.25) is 0 Å². The van der Waals surface area contributed by atoms with Crippen molar-refractivity contribution in [3.05, 3.63) is 119 Å². The number of amides is 2. The van der Waals surface area contributed by atoms with Gasteiger partial charge in [-0.15, -0.1) is 0 Å². The summed E-state index contributed by atoms with van der Waals surface area (Å²) in [6.07, 6.45) is 4.33. The number of anilines is 2. The summed E-state index contributed by atoms with van der Waals surface area (Å²) in [6.45, 7) is 1.87. The minimum atomic E-state index is -0.278. The average molecular weight is 493 g/mol. The Bertz CT molecular complexity index is 1420. The number of nitrogens with one attached hydrogen (secondary N) is 2. The lowest BCUT2D eigenvalue weighted by Gasteiger charge is -2.32. The van der Waals surface area contributed by atoms with Crippen molar-refractivity contribution in [2.45, 2.75) is 19.5 Å². The Morgan fingerprint density at radius 1 is 0.946 bits per heavy atom. The Hall–Kier alpha value is -4.65. The summed E-state index contributed by atoms with van der Waals surface area (Å²) in [7, 11) is 1.56. The van der Waals surface area contributed by atoms with E-state index in [1.807, 2.05) is 30.3 Å². The van der Waals surface area contributed by atoms with Crippen molar-refractivity contribution in [2.24, 2.45) is 0 Å². The lowest BCUT2D eigenvalue weighted by Crippen LogP contribution is -2.33. The van der Waals surface area contributed by atoms with Crippen molar-refractivity contribution >= 4 is 23.2 Å². The molecule has 3 aromatic carbocycles. The Labute approximate surface area is 216 Å². The number of carbonyl (C=O) groups excluding carboxylic acids is 2. The van der Waals surface area contributed by atoms with Crippen LogP contribution in [0.2, 0.25) is 0 Å². The molecule has 0 saturated carbocycles. The fraction of sp³-hybridized carbons (Fsp3) is 0.167. The third-order valence-corrected chi connectivity index (χ3v) is 6.48. The molecule has 0 spiro atoms.